The standard InChI is InChI=1S/C26H23FN2O4S/c1-32-20-5-3-4-17(14-20)16-28-23-11-10-21(33-2)15-22(23)26(25(28)31)29(12-13-34-26)24(30)18-6-8-19(27)9-7-18/h3-11,14-15H,12-13,16H2,1-2H3. The van der Waals surface area contributed by atoms with Crippen LogP contribution in [0.1, 0.15) is 21.5 Å². The van der Waals surface area contributed by atoms with Crippen LogP contribution < -0.4 is 14.4 Å². The number of carbonyl (C=O) groups excluding carboxylic acids is 2. The van der Waals surface area contributed by atoms with Gasteiger partial charge in [0.25, 0.3) is 11.8 Å². The van der Waals surface area contributed by atoms with Crippen molar-refractivity contribution in [2.24, 2.45) is 0 Å². The molecule has 1 spiro atoms. The summed E-state index contributed by atoms with van der Waals surface area (Å²) in [6.45, 7) is 0.729. The number of thioether (sulfide) groups is 1. The molecule has 1 saturated heterocycles. The summed E-state index contributed by atoms with van der Waals surface area (Å²) in [5.41, 5.74) is 2.70. The third-order valence-corrected chi connectivity index (χ3v) is 7.63. The zero-order valence-corrected chi connectivity index (χ0v) is 19.6. The molecular formula is C26H23FN2O4S. The normalized spacial score (nSPS) is 19.0. The molecule has 2 aliphatic heterocycles. The molecule has 0 saturated carbocycles. The molecule has 34 heavy (non-hydrogen) atoms. The highest BCUT2D eigenvalue weighted by Gasteiger charge is 2.59. The van der Waals surface area contributed by atoms with Crippen LogP contribution in [0.5, 0.6) is 11.5 Å². The van der Waals surface area contributed by atoms with E-state index >= 15 is 0 Å². The Morgan fingerprint density at radius 1 is 1.03 bits per heavy atom. The van der Waals surface area contributed by atoms with Gasteiger partial charge in [0.05, 0.1) is 26.5 Å². The maximum atomic E-state index is 14.1. The Kier molecular flexibility index (Phi) is 5.69. The van der Waals surface area contributed by atoms with E-state index in [1.165, 1.54) is 36.0 Å². The number of halogens is 1. The molecule has 8 heteroatoms. The number of benzene rings is 3. The van der Waals surface area contributed by atoms with Gasteiger partial charge < -0.3 is 19.3 Å². The molecule has 0 N–H and O–H groups in total. The van der Waals surface area contributed by atoms with E-state index in [-0.39, 0.29) is 11.8 Å². The van der Waals surface area contributed by atoms with Crippen molar-refractivity contribution in [3.8, 4) is 11.5 Å². The van der Waals surface area contributed by atoms with Crippen LogP contribution in [-0.4, -0.2) is 43.2 Å². The smallest absolute Gasteiger partial charge is 0.268 e. The monoisotopic (exact) mass is 478 g/mol. The van der Waals surface area contributed by atoms with Crippen molar-refractivity contribution >= 4 is 29.3 Å². The first-order chi connectivity index (χ1) is 16.5. The van der Waals surface area contributed by atoms with E-state index in [0.717, 1.165) is 16.8 Å². The molecule has 0 aromatic heterocycles. The largest absolute Gasteiger partial charge is 0.497 e. The van der Waals surface area contributed by atoms with Gasteiger partial charge >= 0.3 is 0 Å². The fourth-order valence-electron chi connectivity index (χ4n) is 4.58. The molecule has 1 fully saturated rings. The number of methoxy groups -OCH3 is 2. The number of fused-ring (bicyclic) bond motifs is 2. The van der Waals surface area contributed by atoms with Crippen LogP contribution in [0.25, 0.3) is 0 Å². The second-order valence-electron chi connectivity index (χ2n) is 8.08. The second kappa shape index (κ2) is 8.68. The maximum Gasteiger partial charge on any atom is 0.268 e. The van der Waals surface area contributed by atoms with Gasteiger partial charge in [0, 0.05) is 23.4 Å². The van der Waals surface area contributed by atoms with E-state index in [2.05, 4.69) is 0 Å². The first-order valence-corrected chi connectivity index (χ1v) is 11.8. The molecule has 3 aromatic rings. The fraction of sp³-hybridized carbons (Fsp3) is 0.231. The number of amides is 2. The van der Waals surface area contributed by atoms with Gasteiger partial charge in [0.15, 0.2) is 4.87 Å². The molecule has 1 unspecified atom stereocenters. The van der Waals surface area contributed by atoms with Crippen LogP contribution in [0.15, 0.2) is 66.7 Å². The lowest BCUT2D eigenvalue weighted by Gasteiger charge is -2.33. The topological polar surface area (TPSA) is 59.1 Å². The number of anilines is 1. The number of ether oxygens (including phenoxy) is 2. The Morgan fingerprint density at radius 3 is 2.50 bits per heavy atom. The van der Waals surface area contributed by atoms with E-state index in [1.54, 1.807) is 24.0 Å². The molecule has 3 aromatic carbocycles. The van der Waals surface area contributed by atoms with Crippen molar-refractivity contribution in [3.63, 3.8) is 0 Å². The summed E-state index contributed by atoms with van der Waals surface area (Å²) in [6.07, 6.45) is 0. The van der Waals surface area contributed by atoms with Crippen molar-refractivity contribution in [2.45, 2.75) is 11.4 Å². The third kappa shape index (κ3) is 3.49. The summed E-state index contributed by atoms with van der Waals surface area (Å²) in [5.74, 6) is 1.00. The van der Waals surface area contributed by atoms with Gasteiger partial charge in [-0.05, 0) is 60.2 Å². The molecule has 2 heterocycles. The Bertz CT molecular complexity index is 1270. The second-order valence-corrected chi connectivity index (χ2v) is 9.37. The van der Waals surface area contributed by atoms with Gasteiger partial charge in [-0.15, -0.1) is 11.8 Å². The van der Waals surface area contributed by atoms with Crippen LogP contribution in [0.2, 0.25) is 0 Å². The van der Waals surface area contributed by atoms with Crippen molar-refractivity contribution in [1.82, 2.24) is 4.90 Å². The summed E-state index contributed by atoms with van der Waals surface area (Å²) < 4.78 is 24.3. The summed E-state index contributed by atoms with van der Waals surface area (Å²) in [4.78, 5) is 29.8. The predicted octanol–water partition coefficient (Wildman–Crippen LogP) is 4.43. The van der Waals surface area contributed by atoms with E-state index < -0.39 is 10.7 Å². The maximum absolute atomic E-state index is 14.1. The summed E-state index contributed by atoms with van der Waals surface area (Å²) in [7, 11) is 3.17. The molecule has 174 valence electrons. The van der Waals surface area contributed by atoms with E-state index in [9.17, 15) is 14.0 Å². The molecular weight excluding hydrogens is 455 g/mol. The predicted molar refractivity (Wildman–Crippen MR) is 129 cm³/mol. The van der Waals surface area contributed by atoms with Crippen LogP contribution in [0.3, 0.4) is 0 Å². The molecule has 2 amide bonds. The minimum atomic E-state index is -1.21. The molecule has 6 nitrogen and oxygen atoms in total. The van der Waals surface area contributed by atoms with E-state index in [1.807, 2.05) is 42.5 Å². The lowest BCUT2D eigenvalue weighted by Crippen LogP contribution is -2.50. The van der Waals surface area contributed by atoms with Crippen LogP contribution in [0.4, 0.5) is 10.1 Å². The molecule has 2 aliphatic rings. The van der Waals surface area contributed by atoms with Gasteiger partial charge in [-0.1, -0.05) is 12.1 Å². The Labute approximate surface area is 201 Å². The summed E-state index contributed by atoms with van der Waals surface area (Å²) >= 11 is 1.44. The van der Waals surface area contributed by atoms with Gasteiger partial charge in [-0.3, -0.25) is 9.59 Å². The number of rotatable bonds is 5. The van der Waals surface area contributed by atoms with E-state index in [4.69, 9.17) is 9.47 Å². The van der Waals surface area contributed by atoms with Crippen LogP contribution in [0, 0.1) is 5.82 Å². The number of nitrogens with zero attached hydrogens (tertiary/aromatic N) is 2. The number of hydrogen-bond acceptors (Lipinski definition) is 5. The Hall–Kier alpha value is -3.52. The van der Waals surface area contributed by atoms with Gasteiger partial charge in [-0.25, -0.2) is 4.39 Å². The summed E-state index contributed by atoms with van der Waals surface area (Å²) in [6, 6.07) is 18.5. The van der Waals surface area contributed by atoms with Gasteiger partial charge in [0.2, 0.25) is 0 Å². The lowest BCUT2D eigenvalue weighted by atomic mass is 10.0. The zero-order chi connectivity index (χ0) is 23.9. The van der Waals surface area contributed by atoms with Crippen molar-refractivity contribution < 1.29 is 23.5 Å². The fourth-order valence-corrected chi connectivity index (χ4v) is 6.03. The number of hydrogen-bond donors (Lipinski definition) is 0. The quantitative estimate of drug-likeness (QED) is 0.543. The first-order valence-electron chi connectivity index (χ1n) is 10.8. The molecule has 5 rings (SSSR count). The highest BCUT2D eigenvalue weighted by molar-refractivity contribution is 8.01. The Morgan fingerprint density at radius 2 is 1.76 bits per heavy atom. The first kappa shape index (κ1) is 22.3. The minimum absolute atomic E-state index is 0.184. The molecule has 0 bridgehead atoms. The average molecular weight is 479 g/mol. The Balaban J connectivity index is 1.59. The third-order valence-electron chi connectivity index (χ3n) is 6.21. The highest BCUT2D eigenvalue weighted by atomic mass is 32.2. The number of carbonyl (C=O) groups is 2. The van der Waals surface area contributed by atoms with Gasteiger partial charge in [0.1, 0.15) is 17.3 Å². The van der Waals surface area contributed by atoms with Crippen LogP contribution in [-0.2, 0) is 16.2 Å². The molecule has 0 aliphatic carbocycles. The van der Waals surface area contributed by atoms with Crippen molar-refractivity contribution in [1.29, 1.82) is 0 Å². The summed E-state index contributed by atoms with van der Waals surface area (Å²) in [5, 5.41) is 0. The van der Waals surface area contributed by atoms with Crippen molar-refractivity contribution in [2.75, 3.05) is 31.4 Å². The van der Waals surface area contributed by atoms with Crippen molar-refractivity contribution in [3.05, 3.63) is 89.2 Å². The van der Waals surface area contributed by atoms with Crippen LogP contribution >= 0.6 is 11.8 Å². The lowest BCUT2D eigenvalue weighted by molar-refractivity contribution is -0.123. The molecule has 0 radical (unpaired) electrons. The zero-order valence-electron chi connectivity index (χ0n) is 18.8. The minimum Gasteiger partial charge on any atom is -0.497 e. The average Bonchev–Trinajstić information content (AvgIpc) is 3.41. The van der Waals surface area contributed by atoms with Gasteiger partial charge in [-0.2, -0.15) is 0 Å². The van der Waals surface area contributed by atoms with E-state index in [0.29, 0.717) is 35.9 Å². The SMILES string of the molecule is COc1cccc(CN2C(=O)C3(SCCN3C(=O)c3ccc(F)cc3)c3cc(OC)ccc32)c1. The molecule has 1 atom stereocenters. The highest BCUT2D eigenvalue weighted by Crippen LogP contribution is 2.55.